The highest BCUT2D eigenvalue weighted by Gasteiger charge is 2.25. The molecule has 29 heavy (non-hydrogen) atoms. The van der Waals surface area contributed by atoms with Gasteiger partial charge in [0.1, 0.15) is 0 Å². The van der Waals surface area contributed by atoms with Crippen LogP contribution in [-0.2, 0) is 0 Å². The van der Waals surface area contributed by atoms with E-state index in [0.29, 0.717) is 0 Å². The van der Waals surface area contributed by atoms with E-state index in [9.17, 15) is 0 Å². The van der Waals surface area contributed by atoms with Crippen molar-refractivity contribution in [2.75, 3.05) is 0 Å². The third-order valence-electron chi connectivity index (χ3n) is 5.66. The third-order valence-corrected chi connectivity index (χ3v) is 6.88. The van der Waals surface area contributed by atoms with Gasteiger partial charge in [-0.1, -0.05) is 103 Å². The van der Waals surface area contributed by atoms with Gasteiger partial charge in [-0.05, 0) is 33.5 Å². The van der Waals surface area contributed by atoms with Crippen molar-refractivity contribution in [2.45, 2.75) is 0 Å². The van der Waals surface area contributed by atoms with Gasteiger partial charge in [-0.15, -0.1) is 11.3 Å². The summed E-state index contributed by atoms with van der Waals surface area (Å²) >= 11 is 1.89. The van der Waals surface area contributed by atoms with Crippen molar-refractivity contribution >= 4 is 32.2 Å². The fraction of sp³-hybridized carbons (Fsp3) is 0. The van der Waals surface area contributed by atoms with Gasteiger partial charge >= 0.3 is 0 Å². The Bertz CT molecular complexity index is 1430. The molecule has 4 aromatic rings. The van der Waals surface area contributed by atoms with Crippen LogP contribution in [0.15, 0.2) is 109 Å². The SMILES string of the molecule is c1ccc(-c2sc3ccccc3c3c(-c4ccccc4)c4ccccc4c2-3)cc1. The highest BCUT2D eigenvalue weighted by Crippen LogP contribution is 2.53. The second-order valence-electron chi connectivity index (χ2n) is 7.33. The van der Waals surface area contributed by atoms with E-state index in [4.69, 9.17) is 0 Å². The van der Waals surface area contributed by atoms with E-state index in [0.717, 1.165) is 0 Å². The van der Waals surface area contributed by atoms with Crippen LogP contribution in [0.2, 0.25) is 0 Å². The Morgan fingerprint density at radius 1 is 0.379 bits per heavy atom. The zero-order valence-electron chi connectivity index (χ0n) is 15.8. The summed E-state index contributed by atoms with van der Waals surface area (Å²) in [5, 5.41) is 4.00. The molecule has 1 heterocycles. The van der Waals surface area contributed by atoms with Crippen LogP contribution in [0.3, 0.4) is 0 Å². The zero-order chi connectivity index (χ0) is 19.2. The van der Waals surface area contributed by atoms with Crippen molar-refractivity contribution in [3.8, 4) is 32.7 Å². The molecule has 0 unspecified atom stereocenters. The molecule has 0 radical (unpaired) electrons. The third kappa shape index (κ3) is 2.52. The molecule has 0 amide bonds. The second-order valence-corrected chi connectivity index (χ2v) is 8.38. The second kappa shape index (κ2) is 6.58. The van der Waals surface area contributed by atoms with Crippen LogP contribution in [0, 0.1) is 0 Å². The normalized spacial score (nSPS) is 11.4. The highest BCUT2D eigenvalue weighted by atomic mass is 32.1. The van der Waals surface area contributed by atoms with Crippen molar-refractivity contribution < 1.29 is 0 Å². The summed E-state index contributed by atoms with van der Waals surface area (Å²) in [5.74, 6) is 0. The molecule has 4 aromatic carbocycles. The van der Waals surface area contributed by atoms with Crippen LogP contribution in [0.4, 0.5) is 0 Å². The Balaban J connectivity index is 1.88. The average molecular weight is 387 g/mol. The highest BCUT2D eigenvalue weighted by molar-refractivity contribution is 7.22. The molecule has 0 spiro atoms. The van der Waals surface area contributed by atoms with Crippen LogP contribution in [0.25, 0.3) is 53.6 Å². The predicted octanol–water partition coefficient (Wildman–Crippen LogP) is 8.49. The molecule has 0 N–H and O–H groups in total. The number of hydrogen-bond donors (Lipinski definition) is 0. The van der Waals surface area contributed by atoms with Gasteiger partial charge in [0.05, 0.1) is 0 Å². The Kier molecular flexibility index (Phi) is 3.75. The maximum absolute atomic E-state index is 2.28. The molecular weight excluding hydrogens is 368 g/mol. The van der Waals surface area contributed by atoms with E-state index < -0.39 is 0 Å². The Hall–Kier alpha value is -3.42. The Morgan fingerprint density at radius 3 is 1.59 bits per heavy atom. The van der Waals surface area contributed by atoms with Gasteiger partial charge in [0, 0.05) is 26.1 Å². The van der Waals surface area contributed by atoms with Crippen LogP contribution >= 0.6 is 11.3 Å². The fourth-order valence-corrected chi connectivity index (χ4v) is 5.65. The largest absolute Gasteiger partial charge is 0.135 e. The van der Waals surface area contributed by atoms with Crippen LogP contribution in [0.1, 0.15) is 0 Å². The fourth-order valence-electron chi connectivity index (χ4n) is 4.44. The number of hydrogen-bond acceptors (Lipinski definition) is 1. The summed E-state index contributed by atoms with van der Waals surface area (Å²) in [6.07, 6.45) is 0. The zero-order valence-corrected chi connectivity index (χ0v) is 16.6. The topological polar surface area (TPSA) is 0 Å². The van der Waals surface area contributed by atoms with E-state index in [2.05, 4.69) is 109 Å². The molecule has 6 rings (SSSR count). The lowest BCUT2D eigenvalue weighted by Crippen LogP contribution is -1.86. The molecule has 2 aliphatic rings. The molecule has 0 saturated carbocycles. The lowest BCUT2D eigenvalue weighted by molar-refractivity contribution is 1.67. The molecule has 0 saturated heterocycles. The number of fused-ring (bicyclic) bond motifs is 5. The summed E-state index contributed by atoms with van der Waals surface area (Å²) in [7, 11) is 0. The lowest BCUT2D eigenvalue weighted by atomic mass is 9.95. The molecule has 0 bridgehead atoms. The smallest absolute Gasteiger partial charge is 0.0433 e. The maximum atomic E-state index is 2.28. The van der Waals surface area contributed by atoms with Crippen molar-refractivity contribution in [3.63, 3.8) is 0 Å². The first-order chi connectivity index (χ1) is 14.4. The first kappa shape index (κ1) is 16.5. The van der Waals surface area contributed by atoms with Gasteiger partial charge in [-0.3, -0.25) is 0 Å². The van der Waals surface area contributed by atoms with E-state index in [1.807, 2.05) is 11.3 Å². The first-order valence-corrected chi connectivity index (χ1v) is 10.7. The molecule has 1 aliphatic carbocycles. The summed E-state index contributed by atoms with van der Waals surface area (Å²) in [4.78, 5) is 1.35. The van der Waals surface area contributed by atoms with Crippen LogP contribution in [-0.4, -0.2) is 0 Å². The molecule has 0 aromatic heterocycles. The van der Waals surface area contributed by atoms with Gasteiger partial charge in [-0.25, -0.2) is 0 Å². The summed E-state index contributed by atoms with van der Waals surface area (Å²) in [6, 6.07) is 39.3. The van der Waals surface area contributed by atoms with Crippen molar-refractivity contribution in [1.82, 2.24) is 0 Å². The number of rotatable bonds is 2. The molecule has 1 aliphatic heterocycles. The van der Waals surface area contributed by atoms with Crippen LogP contribution in [0.5, 0.6) is 0 Å². The maximum Gasteiger partial charge on any atom is 0.0433 e. The van der Waals surface area contributed by atoms with Gasteiger partial charge in [0.15, 0.2) is 0 Å². The minimum Gasteiger partial charge on any atom is -0.135 e. The molecule has 0 fully saturated rings. The minimum atomic E-state index is 1.28. The molecular formula is C28H18S. The number of benzene rings is 4. The standard InChI is InChI=1S/C28H18S/c1-3-11-19(12-4-1)25-21-15-7-8-16-22(21)27-26(25)23-17-9-10-18-24(23)29-28(27)20-13-5-2-6-14-20/h1-18H. The first-order valence-electron chi connectivity index (χ1n) is 9.88. The monoisotopic (exact) mass is 386 g/mol. The molecule has 1 heteroatoms. The van der Waals surface area contributed by atoms with Crippen molar-refractivity contribution in [3.05, 3.63) is 109 Å². The molecule has 0 nitrogen and oxygen atoms in total. The summed E-state index contributed by atoms with van der Waals surface area (Å²) in [5.41, 5.74) is 6.64. The van der Waals surface area contributed by atoms with E-state index in [1.54, 1.807) is 0 Å². The Labute approximate surface area is 174 Å². The predicted molar refractivity (Wildman–Crippen MR) is 127 cm³/mol. The van der Waals surface area contributed by atoms with Crippen LogP contribution < -0.4 is 0 Å². The van der Waals surface area contributed by atoms with Crippen molar-refractivity contribution in [2.24, 2.45) is 0 Å². The molecule has 136 valence electrons. The van der Waals surface area contributed by atoms with E-state index in [-0.39, 0.29) is 0 Å². The van der Waals surface area contributed by atoms with Gasteiger partial charge in [0.2, 0.25) is 0 Å². The summed E-state index contributed by atoms with van der Waals surface area (Å²) in [6.45, 7) is 0. The quantitative estimate of drug-likeness (QED) is 0.280. The van der Waals surface area contributed by atoms with E-state index >= 15 is 0 Å². The Morgan fingerprint density at radius 2 is 0.897 bits per heavy atom. The minimum absolute atomic E-state index is 1.28. The summed E-state index contributed by atoms with van der Waals surface area (Å²) < 4.78 is 1.33. The van der Waals surface area contributed by atoms with Gasteiger partial charge in [0.25, 0.3) is 0 Å². The molecule has 0 atom stereocenters. The van der Waals surface area contributed by atoms with Gasteiger partial charge < -0.3 is 0 Å². The average Bonchev–Trinajstić information content (AvgIpc) is 3.15. The van der Waals surface area contributed by atoms with E-state index in [1.165, 1.54) is 53.6 Å². The van der Waals surface area contributed by atoms with Gasteiger partial charge in [-0.2, -0.15) is 0 Å². The lowest BCUT2D eigenvalue weighted by Gasteiger charge is -2.14. The van der Waals surface area contributed by atoms with Crippen molar-refractivity contribution in [1.29, 1.82) is 0 Å².